The molecule has 1 aliphatic heterocycles. The van der Waals surface area contributed by atoms with Gasteiger partial charge in [-0.05, 0) is 74.9 Å². The van der Waals surface area contributed by atoms with Gasteiger partial charge >= 0.3 is 0 Å². The minimum absolute atomic E-state index is 0.0632. The summed E-state index contributed by atoms with van der Waals surface area (Å²) in [6, 6.07) is 11.3. The number of hydrogen-bond donors (Lipinski definition) is 1. The van der Waals surface area contributed by atoms with Gasteiger partial charge in [0.05, 0.1) is 39.6 Å². The highest BCUT2D eigenvalue weighted by Crippen LogP contribution is 2.42. The Labute approximate surface area is 225 Å². The van der Waals surface area contributed by atoms with Crippen LogP contribution in [0.5, 0.6) is 0 Å². The van der Waals surface area contributed by atoms with E-state index in [9.17, 15) is 13.9 Å². The third-order valence-electron chi connectivity index (χ3n) is 7.83. The predicted molar refractivity (Wildman–Crippen MR) is 145 cm³/mol. The monoisotopic (exact) mass is 531 g/mol. The lowest BCUT2D eigenvalue weighted by atomic mass is 9.86. The first-order valence-electron chi connectivity index (χ1n) is 13.2. The third kappa shape index (κ3) is 4.49. The lowest BCUT2D eigenvalue weighted by Crippen LogP contribution is -2.27. The summed E-state index contributed by atoms with van der Waals surface area (Å²) < 4.78 is 38.8. The molecule has 3 aromatic heterocycles. The molecule has 9 heteroatoms. The second kappa shape index (κ2) is 9.50. The molecule has 0 radical (unpaired) electrons. The lowest BCUT2D eigenvalue weighted by Gasteiger charge is -2.33. The molecular weight excluding hydrogens is 500 g/mol. The number of benzene rings is 2. The Morgan fingerprint density at radius 2 is 1.74 bits per heavy atom. The van der Waals surface area contributed by atoms with E-state index in [1.54, 1.807) is 18.5 Å². The number of hydrogen-bond acceptors (Lipinski definition) is 5. The summed E-state index contributed by atoms with van der Waals surface area (Å²) in [6.07, 6.45) is 3.30. The molecule has 1 atom stereocenters. The van der Waals surface area contributed by atoms with Crippen molar-refractivity contribution in [1.82, 2.24) is 24.5 Å². The van der Waals surface area contributed by atoms with Crippen molar-refractivity contribution < 1.29 is 18.6 Å². The lowest BCUT2D eigenvalue weighted by molar-refractivity contribution is 0.0552. The van der Waals surface area contributed by atoms with E-state index in [2.05, 4.69) is 20.9 Å². The van der Waals surface area contributed by atoms with Gasteiger partial charge in [-0.1, -0.05) is 17.3 Å². The van der Waals surface area contributed by atoms with Gasteiger partial charge in [0.15, 0.2) is 0 Å². The average Bonchev–Trinajstić information content (AvgIpc) is 3.39. The molecule has 1 saturated heterocycles. The van der Waals surface area contributed by atoms with Crippen molar-refractivity contribution in [1.29, 1.82) is 0 Å². The van der Waals surface area contributed by atoms with E-state index in [1.807, 2.05) is 38.4 Å². The fraction of sp³-hybridized carbons (Fsp3) is 0.367. The maximum Gasteiger partial charge on any atom is 0.126 e. The molecular formula is C30H31F2N5O2. The highest BCUT2D eigenvalue weighted by molar-refractivity contribution is 6.07. The maximum atomic E-state index is 14.6. The highest BCUT2D eigenvalue weighted by atomic mass is 19.1. The van der Waals surface area contributed by atoms with Crippen molar-refractivity contribution in [3.8, 4) is 11.3 Å². The first kappa shape index (κ1) is 25.6. The van der Waals surface area contributed by atoms with Crippen molar-refractivity contribution in [2.45, 2.75) is 45.3 Å². The fourth-order valence-electron chi connectivity index (χ4n) is 5.98. The van der Waals surface area contributed by atoms with Crippen LogP contribution in [0.1, 0.15) is 49.6 Å². The number of pyridine rings is 1. The molecule has 1 N–H and O–H groups in total. The number of nitrogens with zero attached hydrogens (tertiary/aromatic N) is 5. The van der Waals surface area contributed by atoms with Crippen LogP contribution < -0.4 is 0 Å². The Morgan fingerprint density at radius 1 is 1.03 bits per heavy atom. The first-order valence-corrected chi connectivity index (χ1v) is 13.2. The molecule has 4 heterocycles. The SMILES string of the molecule is Cc1nnn(C)c1-c1cnc2c3ccc(C(C)(C)O)cc3n(C(c3cc(F)cc(F)c3)C3CCOCC3)c2c1. The summed E-state index contributed by atoms with van der Waals surface area (Å²) in [4.78, 5) is 4.89. The summed E-state index contributed by atoms with van der Waals surface area (Å²) in [7, 11) is 1.84. The molecule has 1 fully saturated rings. The van der Waals surface area contributed by atoms with Crippen molar-refractivity contribution in [2.24, 2.45) is 13.0 Å². The first-order chi connectivity index (χ1) is 18.6. The summed E-state index contributed by atoms with van der Waals surface area (Å²) >= 11 is 0. The smallest absolute Gasteiger partial charge is 0.126 e. The average molecular weight is 532 g/mol. The molecule has 1 aliphatic rings. The van der Waals surface area contributed by atoms with E-state index in [4.69, 9.17) is 9.72 Å². The minimum Gasteiger partial charge on any atom is -0.386 e. The molecule has 2 aromatic carbocycles. The molecule has 0 saturated carbocycles. The topological polar surface area (TPSA) is 78.0 Å². The van der Waals surface area contributed by atoms with Crippen LogP contribution in [0.4, 0.5) is 8.78 Å². The Morgan fingerprint density at radius 3 is 2.38 bits per heavy atom. The Kier molecular flexibility index (Phi) is 6.23. The number of aromatic nitrogens is 5. The number of rotatable bonds is 5. The Balaban J connectivity index is 1.71. The summed E-state index contributed by atoms with van der Waals surface area (Å²) in [5.41, 5.74) is 5.13. The normalized spacial score (nSPS) is 15.9. The van der Waals surface area contributed by atoms with Crippen LogP contribution in [0.3, 0.4) is 0 Å². The van der Waals surface area contributed by atoms with Gasteiger partial charge in [-0.25, -0.2) is 13.5 Å². The maximum absolute atomic E-state index is 14.6. The van der Waals surface area contributed by atoms with E-state index >= 15 is 0 Å². The van der Waals surface area contributed by atoms with Crippen LogP contribution in [0, 0.1) is 24.5 Å². The molecule has 5 aromatic rings. The third-order valence-corrected chi connectivity index (χ3v) is 7.83. The molecule has 0 spiro atoms. The summed E-state index contributed by atoms with van der Waals surface area (Å²) in [5.74, 6) is -1.17. The molecule has 39 heavy (non-hydrogen) atoms. The van der Waals surface area contributed by atoms with Crippen LogP contribution >= 0.6 is 0 Å². The van der Waals surface area contributed by atoms with Crippen molar-refractivity contribution >= 4 is 21.9 Å². The van der Waals surface area contributed by atoms with Gasteiger partial charge in [0, 0.05) is 43.5 Å². The van der Waals surface area contributed by atoms with E-state index in [-0.39, 0.29) is 12.0 Å². The van der Waals surface area contributed by atoms with Gasteiger partial charge in [0.25, 0.3) is 0 Å². The number of aryl methyl sites for hydroxylation is 2. The molecule has 0 amide bonds. The Hall–Kier alpha value is -3.69. The zero-order valence-corrected chi connectivity index (χ0v) is 22.4. The molecule has 0 aliphatic carbocycles. The number of aliphatic hydroxyl groups is 1. The second-order valence-corrected chi connectivity index (χ2v) is 11.0. The number of halogens is 2. The Bertz CT molecular complexity index is 1660. The van der Waals surface area contributed by atoms with Gasteiger partial charge in [0.2, 0.25) is 0 Å². The van der Waals surface area contributed by atoms with Gasteiger partial charge in [-0.3, -0.25) is 4.98 Å². The fourth-order valence-corrected chi connectivity index (χ4v) is 5.98. The van der Waals surface area contributed by atoms with Crippen LogP contribution in [0.25, 0.3) is 33.2 Å². The minimum atomic E-state index is -1.08. The molecule has 6 rings (SSSR count). The summed E-state index contributed by atoms with van der Waals surface area (Å²) in [5, 5.41) is 20.1. The van der Waals surface area contributed by atoms with E-state index in [1.165, 1.54) is 12.1 Å². The molecule has 1 unspecified atom stereocenters. The second-order valence-electron chi connectivity index (χ2n) is 11.0. The zero-order chi connectivity index (χ0) is 27.5. The van der Waals surface area contributed by atoms with Gasteiger partial charge < -0.3 is 14.4 Å². The van der Waals surface area contributed by atoms with Crippen LogP contribution in [0.15, 0.2) is 48.7 Å². The summed E-state index contributed by atoms with van der Waals surface area (Å²) in [6.45, 7) is 6.54. The highest BCUT2D eigenvalue weighted by Gasteiger charge is 2.32. The van der Waals surface area contributed by atoms with E-state index in [0.717, 1.165) is 63.4 Å². The quantitative estimate of drug-likeness (QED) is 0.310. The zero-order valence-electron chi connectivity index (χ0n) is 22.4. The molecule has 7 nitrogen and oxygen atoms in total. The predicted octanol–water partition coefficient (Wildman–Crippen LogP) is 5.82. The van der Waals surface area contributed by atoms with Crippen LogP contribution in [-0.2, 0) is 17.4 Å². The van der Waals surface area contributed by atoms with E-state index < -0.39 is 17.2 Å². The molecule has 0 bridgehead atoms. The van der Waals surface area contributed by atoms with Crippen molar-refractivity contribution in [2.75, 3.05) is 13.2 Å². The van der Waals surface area contributed by atoms with E-state index in [0.29, 0.717) is 18.8 Å². The number of ether oxygens (including phenoxy) is 1. The van der Waals surface area contributed by atoms with Crippen molar-refractivity contribution in [3.63, 3.8) is 0 Å². The van der Waals surface area contributed by atoms with Gasteiger partial charge in [0.1, 0.15) is 11.6 Å². The molecule has 202 valence electrons. The van der Waals surface area contributed by atoms with Gasteiger partial charge in [-0.15, -0.1) is 5.10 Å². The number of fused-ring (bicyclic) bond motifs is 3. The standard InChI is InChI=1S/C30H31F2N5O2/c1-17-28(36(4)35-34-17)20-13-26-27(33-16-20)24-6-5-21(30(2,3)38)14-25(24)37(26)29(18-7-9-39-10-8-18)19-11-22(31)15-23(32)12-19/h5-6,11-16,18,29,38H,7-10H2,1-4H3. The van der Waals surface area contributed by atoms with Crippen LogP contribution in [-0.4, -0.2) is 42.9 Å². The van der Waals surface area contributed by atoms with Gasteiger partial charge in [-0.2, -0.15) is 0 Å². The van der Waals surface area contributed by atoms with Crippen molar-refractivity contribution in [3.05, 3.63) is 77.1 Å². The van der Waals surface area contributed by atoms with Crippen LogP contribution in [0.2, 0.25) is 0 Å². The largest absolute Gasteiger partial charge is 0.386 e.